The summed E-state index contributed by atoms with van der Waals surface area (Å²) in [6, 6.07) is 8.13. The molecule has 1 N–H and O–H groups in total. The van der Waals surface area contributed by atoms with E-state index in [-0.39, 0.29) is 17.9 Å². The van der Waals surface area contributed by atoms with Gasteiger partial charge in [-0.25, -0.2) is 4.98 Å². The molecule has 1 unspecified atom stereocenters. The Kier molecular flexibility index (Phi) is 3.47. The first-order chi connectivity index (χ1) is 9.66. The molecular formula is C16H21N3O. The standard InChI is InChI=1S/C16H21N3O/c1-11(2)16(20)19-10-6-5-9-14(19)15-17-12-7-3-4-8-13(12)18-15/h3-4,7-8,11,14H,5-6,9-10H2,1-2H3,(H,17,18). The van der Waals surface area contributed by atoms with Gasteiger partial charge >= 0.3 is 0 Å². The zero-order chi connectivity index (χ0) is 14.1. The highest BCUT2D eigenvalue weighted by Gasteiger charge is 2.31. The first-order valence-electron chi connectivity index (χ1n) is 7.42. The molecule has 3 rings (SSSR count). The van der Waals surface area contributed by atoms with Gasteiger partial charge in [0, 0.05) is 12.5 Å². The van der Waals surface area contributed by atoms with E-state index in [9.17, 15) is 4.79 Å². The van der Waals surface area contributed by atoms with Crippen LogP contribution in [0.15, 0.2) is 24.3 Å². The maximum Gasteiger partial charge on any atom is 0.225 e. The number of hydrogen-bond donors (Lipinski definition) is 1. The largest absolute Gasteiger partial charge is 0.340 e. The van der Waals surface area contributed by atoms with Gasteiger partial charge in [-0.1, -0.05) is 26.0 Å². The van der Waals surface area contributed by atoms with Crippen LogP contribution in [0.4, 0.5) is 0 Å². The Morgan fingerprint density at radius 1 is 1.35 bits per heavy atom. The van der Waals surface area contributed by atoms with E-state index in [0.717, 1.165) is 42.7 Å². The summed E-state index contributed by atoms with van der Waals surface area (Å²) in [5.41, 5.74) is 2.02. The van der Waals surface area contributed by atoms with Crippen LogP contribution in [-0.4, -0.2) is 27.3 Å². The second kappa shape index (κ2) is 5.27. The molecule has 0 radical (unpaired) electrons. The number of aromatic amines is 1. The third-order valence-corrected chi connectivity index (χ3v) is 4.00. The number of carbonyl (C=O) groups excluding carboxylic acids is 1. The first-order valence-corrected chi connectivity index (χ1v) is 7.42. The van der Waals surface area contributed by atoms with Crippen molar-refractivity contribution in [2.24, 2.45) is 5.92 Å². The third-order valence-electron chi connectivity index (χ3n) is 4.00. The molecule has 106 valence electrons. The second-order valence-corrected chi connectivity index (χ2v) is 5.84. The second-order valence-electron chi connectivity index (χ2n) is 5.84. The number of para-hydroxylation sites is 2. The van der Waals surface area contributed by atoms with Crippen LogP contribution in [0.1, 0.15) is 45.0 Å². The Balaban J connectivity index is 1.94. The summed E-state index contributed by atoms with van der Waals surface area (Å²) in [5.74, 6) is 1.20. The van der Waals surface area contributed by atoms with Crippen molar-refractivity contribution in [3.8, 4) is 0 Å². The van der Waals surface area contributed by atoms with Crippen LogP contribution in [0, 0.1) is 5.92 Å². The minimum absolute atomic E-state index is 0.0416. The zero-order valence-corrected chi connectivity index (χ0v) is 12.1. The molecule has 1 atom stereocenters. The topological polar surface area (TPSA) is 49.0 Å². The summed E-state index contributed by atoms with van der Waals surface area (Å²) in [7, 11) is 0. The van der Waals surface area contributed by atoms with Crippen LogP contribution in [0.5, 0.6) is 0 Å². The summed E-state index contributed by atoms with van der Waals surface area (Å²) < 4.78 is 0. The van der Waals surface area contributed by atoms with Crippen LogP contribution in [-0.2, 0) is 4.79 Å². The lowest BCUT2D eigenvalue weighted by Crippen LogP contribution is -2.41. The lowest BCUT2D eigenvalue weighted by molar-refractivity contribution is -0.138. The van der Waals surface area contributed by atoms with Gasteiger partial charge in [-0.2, -0.15) is 0 Å². The lowest BCUT2D eigenvalue weighted by atomic mass is 9.99. The predicted octanol–water partition coefficient (Wildman–Crippen LogP) is 3.27. The van der Waals surface area contributed by atoms with E-state index < -0.39 is 0 Å². The maximum atomic E-state index is 12.4. The van der Waals surface area contributed by atoms with Crippen LogP contribution in [0.3, 0.4) is 0 Å². The molecule has 0 saturated carbocycles. The number of nitrogens with zero attached hydrogens (tertiary/aromatic N) is 2. The highest BCUT2D eigenvalue weighted by molar-refractivity contribution is 5.79. The predicted molar refractivity (Wildman–Crippen MR) is 79.2 cm³/mol. The van der Waals surface area contributed by atoms with Gasteiger partial charge in [0.05, 0.1) is 17.1 Å². The van der Waals surface area contributed by atoms with Gasteiger partial charge in [-0.15, -0.1) is 0 Å². The van der Waals surface area contributed by atoms with Gasteiger partial charge in [-0.3, -0.25) is 4.79 Å². The monoisotopic (exact) mass is 271 g/mol. The molecule has 0 aliphatic carbocycles. The molecule has 2 heterocycles. The van der Waals surface area contributed by atoms with Crippen LogP contribution < -0.4 is 0 Å². The molecule has 0 bridgehead atoms. The minimum Gasteiger partial charge on any atom is -0.340 e. The van der Waals surface area contributed by atoms with E-state index in [4.69, 9.17) is 0 Å². The average Bonchev–Trinajstić information content (AvgIpc) is 2.90. The van der Waals surface area contributed by atoms with Crippen molar-refractivity contribution in [3.63, 3.8) is 0 Å². The number of rotatable bonds is 2. The molecule has 1 aromatic heterocycles. The number of fused-ring (bicyclic) bond motifs is 1. The number of nitrogens with one attached hydrogen (secondary N) is 1. The number of likely N-dealkylation sites (tertiary alicyclic amines) is 1. The Hall–Kier alpha value is -1.84. The van der Waals surface area contributed by atoms with Crippen molar-refractivity contribution >= 4 is 16.9 Å². The number of hydrogen-bond acceptors (Lipinski definition) is 2. The fourth-order valence-electron chi connectivity index (χ4n) is 2.94. The molecule has 1 amide bonds. The molecule has 1 aliphatic heterocycles. The highest BCUT2D eigenvalue weighted by atomic mass is 16.2. The molecular weight excluding hydrogens is 250 g/mol. The Morgan fingerprint density at radius 2 is 2.15 bits per heavy atom. The number of imidazole rings is 1. The summed E-state index contributed by atoms with van der Waals surface area (Å²) in [6.45, 7) is 4.78. The van der Waals surface area contributed by atoms with Gasteiger partial charge in [0.25, 0.3) is 0 Å². The number of piperidine rings is 1. The third kappa shape index (κ3) is 2.30. The van der Waals surface area contributed by atoms with Crippen LogP contribution in [0.2, 0.25) is 0 Å². The van der Waals surface area contributed by atoms with Crippen LogP contribution in [0.25, 0.3) is 11.0 Å². The first kappa shape index (κ1) is 13.2. The number of aromatic nitrogens is 2. The molecule has 1 aromatic carbocycles. The number of carbonyl (C=O) groups is 1. The van der Waals surface area contributed by atoms with Crippen molar-refractivity contribution in [2.45, 2.75) is 39.2 Å². The summed E-state index contributed by atoms with van der Waals surface area (Å²) >= 11 is 0. The van der Waals surface area contributed by atoms with E-state index in [1.807, 2.05) is 43.0 Å². The van der Waals surface area contributed by atoms with Crippen molar-refractivity contribution in [1.29, 1.82) is 0 Å². The highest BCUT2D eigenvalue weighted by Crippen LogP contribution is 2.31. The minimum atomic E-state index is 0.0416. The van der Waals surface area contributed by atoms with Gasteiger partial charge < -0.3 is 9.88 Å². The van der Waals surface area contributed by atoms with Crippen LogP contribution >= 0.6 is 0 Å². The molecule has 1 fully saturated rings. The lowest BCUT2D eigenvalue weighted by Gasteiger charge is -2.35. The van der Waals surface area contributed by atoms with Crippen molar-refractivity contribution in [3.05, 3.63) is 30.1 Å². The zero-order valence-electron chi connectivity index (χ0n) is 12.1. The smallest absolute Gasteiger partial charge is 0.225 e. The fourth-order valence-corrected chi connectivity index (χ4v) is 2.94. The van der Waals surface area contributed by atoms with E-state index >= 15 is 0 Å². The molecule has 0 spiro atoms. The quantitative estimate of drug-likeness (QED) is 0.911. The Labute approximate surface area is 119 Å². The van der Waals surface area contributed by atoms with Gasteiger partial charge in [0.1, 0.15) is 5.82 Å². The average molecular weight is 271 g/mol. The number of H-pyrrole nitrogens is 1. The fraction of sp³-hybridized carbons (Fsp3) is 0.500. The summed E-state index contributed by atoms with van der Waals surface area (Å²) in [6.07, 6.45) is 3.25. The van der Waals surface area contributed by atoms with Gasteiger partial charge in [0.2, 0.25) is 5.91 Å². The van der Waals surface area contributed by atoms with Crippen molar-refractivity contribution in [2.75, 3.05) is 6.54 Å². The van der Waals surface area contributed by atoms with Gasteiger partial charge in [-0.05, 0) is 31.4 Å². The van der Waals surface area contributed by atoms with E-state index in [1.165, 1.54) is 0 Å². The van der Waals surface area contributed by atoms with Crippen molar-refractivity contribution in [1.82, 2.24) is 14.9 Å². The molecule has 1 saturated heterocycles. The van der Waals surface area contributed by atoms with E-state index in [1.54, 1.807) is 0 Å². The Bertz CT molecular complexity index is 584. The molecule has 20 heavy (non-hydrogen) atoms. The maximum absolute atomic E-state index is 12.4. The normalized spacial score (nSPS) is 19.8. The molecule has 4 nitrogen and oxygen atoms in total. The van der Waals surface area contributed by atoms with E-state index in [2.05, 4.69) is 9.97 Å². The molecule has 4 heteroatoms. The molecule has 2 aromatic rings. The molecule has 1 aliphatic rings. The summed E-state index contributed by atoms with van der Waals surface area (Å²) in [5, 5.41) is 0. The van der Waals surface area contributed by atoms with Crippen molar-refractivity contribution < 1.29 is 4.79 Å². The summed E-state index contributed by atoms with van der Waals surface area (Å²) in [4.78, 5) is 22.4. The number of benzene rings is 1. The van der Waals surface area contributed by atoms with Gasteiger partial charge in [0.15, 0.2) is 0 Å². The van der Waals surface area contributed by atoms with E-state index in [0.29, 0.717) is 0 Å². The number of amides is 1. The Morgan fingerprint density at radius 3 is 2.90 bits per heavy atom. The SMILES string of the molecule is CC(C)C(=O)N1CCCCC1c1nc2ccccc2[nH]1.